The second kappa shape index (κ2) is 10.3. The molecule has 1 N–H and O–H groups in total. The van der Waals surface area contributed by atoms with Gasteiger partial charge in [-0.2, -0.15) is 0 Å². The van der Waals surface area contributed by atoms with Gasteiger partial charge in [0.05, 0.1) is 5.57 Å². The topological polar surface area (TPSA) is 61.9 Å². The maximum Gasteiger partial charge on any atom is 0.278 e. The van der Waals surface area contributed by atoms with Crippen LogP contribution in [-0.2, 0) is 14.3 Å². The number of piperidine rings is 1. The van der Waals surface area contributed by atoms with Crippen LogP contribution >= 0.6 is 11.3 Å². The van der Waals surface area contributed by atoms with Crippen LogP contribution in [0.3, 0.4) is 0 Å². The van der Waals surface area contributed by atoms with Gasteiger partial charge in [0, 0.05) is 49.1 Å². The van der Waals surface area contributed by atoms with E-state index in [0.29, 0.717) is 37.4 Å². The van der Waals surface area contributed by atoms with Crippen molar-refractivity contribution >= 4 is 40.1 Å². The van der Waals surface area contributed by atoms with Crippen molar-refractivity contribution in [2.24, 2.45) is 5.92 Å². The van der Waals surface area contributed by atoms with Gasteiger partial charge in [0.15, 0.2) is 0 Å². The number of imide groups is 1. The van der Waals surface area contributed by atoms with Crippen LogP contribution in [0.1, 0.15) is 38.0 Å². The molecule has 7 heteroatoms. The minimum Gasteiger partial charge on any atom is -0.382 e. The number of hydrogen-bond donors (Lipinski definition) is 1. The monoisotopic (exact) mass is 453 g/mol. The van der Waals surface area contributed by atoms with Crippen LogP contribution in [0.5, 0.6) is 0 Å². The highest BCUT2D eigenvalue weighted by molar-refractivity contribution is 7.11. The number of thiophene rings is 1. The molecule has 0 spiro atoms. The molecule has 0 unspecified atom stereocenters. The summed E-state index contributed by atoms with van der Waals surface area (Å²) in [6.07, 6.45) is 3.05. The van der Waals surface area contributed by atoms with Crippen molar-refractivity contribution < 1.29 is 14.3 Å². The number of ether oxygens (including phenoxy) is 1. The van der Waals surface area contributed by atoms with Crippen molar-refractivity contribution in [2.75, 3.05) is 43.1 Å². The molecule has 0 bridgehead atoms. The average molecular weight is 454 g/mol. The van der Waals surface area contributed by atoms with Crippen molar-refractivity contribution in [3.05, 3.63) is 52.4 Å². The van der Waals surface area contributed by atoms with Gasteiger partial charge in [-0.1, -0.05) is 13.0 Å². The second-order valence-corrected chi connectivity index (χ2v) is 9.33. The molecule has 170 valence electrons. The lowest BCUT2D eigenvalue weighted by atomic mass is 9.99. The molecule has 6 nitrogen and oxygen atoms in total. The minimum absolute atomic E-state index is 0.240. The standard InChI is InChI=1S/C25H31N3O3S/c1-3-31-16-5-13-28-24(29)22(21-6-4-17-32-21)23(25(28)30)26-19-7-9-20(10-8-19)27-14-11-18(2)12-15-27/h4,6-10,17-18,26H,3,5,11-16H2,1-2H3. The van der Waals surface area contributed by atoms with Gasteiger partial charge in [-0.25, -0.2) is 0 Å². The highest BCUT2D eigenvalue weighted by Crippen LogP contribution is 2.33. The Morgan fingerprint density at radius 2 is 1.84 bits per heavy atom. The number of benzene rings is 1. The zero-order valence-corrected chi connectivity index (χ0v) is 19.6. The van der Waals surface area contributed by atoms with Gasteiger partial charge in [0.25, 0.3) is 11.8 Å². The van der Waals surface area contributed by atoms with E-state index in [0.717, 1.165) is 29.6 Å². The van der Waals surface area contributed by atoms with Gasteiger partial charge in [-0.05, 0) is 67.8 Å². The number of carbonyl (C=O) groups excluding carboxylic acids is 2. The van der Waals surface area contributed by atoms with Crippen molar-refractivity contribution in [3.63, 3.8) is 0 Å². The summed E-state index contributed by atoms with van der Waals surface area (Å²) in [7, 11) is 0. The molecule has 1 fully saturated rings. The third-order valence-electron chi connectivity index (χ3n) is 6.10. The number of hydrogen-bond acceptors (Lipinski definition) is 6. The van der Waals surface area contributed by atoms with Crippen LogP contribution < -0.4 is 10.2 Å². The number of carbonyl (C=O) groups is 2. The Labute approximate surface area is 193 Å². The fraction of sp³-hybridized carbons (Fsp3) is 0.440. The van der Waals surface area contributed by atoms with Gasteiger partial charge in [0.1, 0.15) is 5.70 Å². The van der Waals surface area contributed by atoms with Crippen LogP contribution in [0.25, 0.3) is 5.57 Å². The fourth-order valence-corrected chi connectivity index (χ4v) is 4.95. The lowest BCUT2D eigenvalue weighted by Crippen LogP contribution is -2.34. The molecular weight excluding hydrogens is 422 g/mol. The largest absolute Gasteiger partial charge is 0.382 e. The maximum atomic E-state index is 13.2. The third-order valence-corrected chi connectivity index (χ3v) is 6.98. The molecule has 1 aromatic heterocycles. The maximum absolute atomic E-state index is 13.2. The third kappa shape index (κ3) is 4.89. The van der Waals surface area contributed by atoms with E-state index < -0.39 is 0 Å². The van der Waals surface area contributed by atoms with Crippen molar-refractivity contribution in [1.29, 1.82) is 0 Å². The average Bonchev–Trinajstić information content (AvgIpc) is 3.40. The minimum atomic E-state index is -0.274. The van der Waals surface area contributed by atoms with Crippen molar-refractivity contribution in [3.8, 4) is 0 Å². The summed E-state index contributed by atoms with van der Waals surface area (Å²) in [5, 5.41) is 5.17. The first-order valence-corrected chi connectivity index (χ1v) is 12.3. The summed E-state index contributed by atoms with van der Waals surface area (Å²) in [4.78, 5) is 30.9. The van der Waals surface area contributed by atoms with E-state index in [2.05, 4.69) is 29.3 Å². The zero-order chi connectivity index (χ0) is 22.5. The van der Waals surface area contributed by atoms with E-state index in [9.17, 15) is 9.59 Å². The van der Waals surface area contributed by atoms with Crippen LogP contribution in [0.4, 0.5) is 11.4 Å². The predicted molar refractivity (Wildman–Crippen MR) is 130 cm³/mol. The molecule has 3 heterocycles. The van der Waals surface area contributed by atoms with Crippen LogP contribution in [0.15, 0.2) is 47.5 Å². The second-order valence-electron chi connectivity index (χ2n) is 8.38. The van der Waals surface area contributed by atoms with E-state index in [4.69, 9.17) is 4.74 Å². The van der Waals surface area contributed by atoms with E-state index >= 15 is 0 Å². The van der Waals surface area contributed by atoms with Crippen LogP contribution in [0, 0.1) is 5.92 Å². The first-order chi connectivity index (χ1) is 15.6. The van der Waals surface area contributed by atoms with Gasteiger partial charge < -0.3 is 15.0 Å². The number of rotatable bonds is 9. The lowest BCUT2D eigenvalue weighted by Gasteiger charge is -2.32. The summed E-state index contributed by atoms with van der Waals surface area (Å²) >= 11 is 1.47. The lowest BCUT2D eigenvalue weighted by molar-refractivity contribution is -0.137. The predicted octanol–water partition coefficient (Wildman–Crippen LogP) is 4.60. The molecule has 2 aliphatic heterocycles. The number of nitrogens with zero attached hydrogens (tertiary/aromatic N) is 2. The summed E-state index contributed by atoms with van der Waals surface area (Å²) in [5.41, 5.74) is 2.81. The fourth-order valence-electron chi connectivity index (χ4n) is 4.18. The molecule has 0 aliphatic carbocycles. The Balaban J connectivity index is 1.51. The number of anilines is 2. The Morgan fingerprint density at radius 3 is 2.50 bits per heavy atom. The highest BCUT2D eigenvalue weighted by Gasteiger charge is 2.39. The molecule has 0 radical (unpaired) electrons. The Kier molecular flexibility index (Phi) is 7.27. The Bertz CT molecular complexity index is 961. The van der Waals surface area contributed by atoms with E-state index in [1.54, 1.807) is 0 Å². The smallest absolute Gasteiger partial charge is 0.278 e. The van der Waals surface area contributed by atoms with Crippen LogP contribution in [0.2, 0.25) is 0 Å². The molecule has 0 saturated carbocycles. The van der Waals surface area contributed by atoms with Crippen LogP contribution in [-0.4, -0.2) is 49.6 Å². The van der Waals surface area contributed by atoms with Gasteiger partial charge in [0.2, 0.25) is 0 Å². The quantitative estimate of drug-likeness (QED) is 0.444. The highest BCUT2D eigenvalue weighted by atomic mass is 32.1. The number of amides is 2. The summed E-state index contributed by atoms with van der Waals surface area (Å²) < 4.78 is 5.37. The molecule has 2 aromatic rings. The first-order valence-electron chi connectivity index (χ1n) is 11.4. The molecular formula is C25H31N3O3S. The molecule has 0 atom stereocenters. The van der Waals surface area contributed by atoms with E-state index in [1.807, 2.05) is 36.6 Å². The van der Waals surface area contributed by atoms with Gasteiger partial charge in [-0.15, -0.1) is 11.3 Å². The SMILES string of the molecule is CCOCCCN1C(=O)C(Nc2ccc(N3CCC(C)CC3)cc2)=C(c2cccs2)C1=O. The van der Waals surface area contributed by atoms with Gasteiger partial charge >= 0.3 is 0 Å². The molecule has 1 aromatic carbocycles. The van der Waals surface area contributed by atoms with E-state index in [1.165, 1.54) is 34.8 Å². The summed E-state index contributed by atoms with van der Waals surface area (Å²) in [6.45, 7) is 7.90. The Hall–Kier alpha value is -2.64. The number of nitrogens with one attached hydrogen (secondary N) is 1. The Morgan fingerprint density at radius 1 is 1.09 bits per heavy atom. The first kappa shape index (κ1) is 22.6. The van der Waals surface area contributed by atoms with Crippen molar-refractivity contribution in [2.45, 2.75) is 33.1 Å². The normalized spacial score (nSPS) is 17.6. The zero-order valence-electron chi connectivity index (χ0n) is 18.8. The van der Waals surface area contributed by atoms with E-state index in [-0.39, 0.29) is 11.8 Å². The summed E-state index contributed by atoms with van der Waals surface area (Å²) in [6, 6.07) is 11.9. The summed E-state index contributed by atoms with van der Waals surface area (Å²) in [5.74, 6) is 0.275. The molecule has 2 amide bonds. The van der Waals surface area contributed by atoms with Crippen molar-refractivity contribution in [1.82, 2.24) is 4.90 Å². The molecule has 1 saturated heterocycles. The van der Waals surface area contributed by atoms with Gasteiger partial charge in [-0.3, -0.25) is 14.5 Å². The molecule has 32 heavy (non-hydrogen) atoms. The molecule has 4 rings (SSSR count). The molecule has 2 aliphatic rings.